The zero-order valence-electron chi connectivity index (χ0n) is 14.2. The number of halogens is 1. The molecule has 1 aliphatic heterocycles. The average Bonchev–Trinajstić information content (AvgIpc) is 2.60. The monoisotopic (exact) mass is 368 g/mol. The van der Waals surface area contributed by atoms with Gasteiger partial charge in [-0.1, -0.05) is 18.5 Å². The number of likely N-dealkylation sites (tertiary alicyclic amines) is 1. The molecular weight excluding hydrogens is 348 g/mol. The van der Waals surface area contributed by atoms with E-state index in [1.54, 1.807) is 4.90 Å². The van der Waals surface area contributed by atoms with Crippen molar-refractivity contribution in [2.45, 2.75) is 51.7 Å². The van der Waals surface area contributed by atoms with E-state index in [1.807, 2.05) is 6.92 Å². The van der Waals surface area contributed by atoms with E-state index in [2.05, 4.69) is 0 Å². The molecule has 2 unspecified atom stereocenters. The van der Waals surface area contributed by atoms with Crippen molar-refractivity contribution in [3.8, 4) is 0 Å². The predicted molar refractivity (Wildman–Crippen MR) is 92.6 cm³/mol. The molecule has 0 bridgehead atoms. The lowest BCUT2D eigenvalue weighted by molar-refractivity contribution is -0.384. The van der Waals surface area contributed by atoms with Crippen LogP contribution >= 0.6 is 11.6 Å². The third-order valence-corrected chi connectivity index (χ3v) is 4.72. The Hall–Kier alpha value is -2.15. The Morgan fingerprint density at radius 1 is 1.44 bits per heavy atom. The van der Waals surface area contributed by atoms with Gasteiger partial charge >= 0.3 is 5.97 Å². The Morgan fingerprint density at radius 3 is 2.80 bits per heavy atom. The molecule has 0 aliphatic carbocycles. The molecule has 1 amide bonds. The van der Waals surface area contributed by atoms with Gasteiger partial charge in [-0.05, 0) is 38.7 Å². The number of nitro groups is 1. The van der Waals surface area contributed by atoms with Crippen molar-refractivity contribution in [1.29, 1.82) is 0 Å². The number of rotatable bonds is 5. The maximum atomic E-state index is 12.6. The van der Waals surface area contributed by atoms with Crippen LogP contribution in [-0.4, -0.2) is 40.4 Å². The minimum absolute atomic E-state index is 0.0413. The summed E-state index contributed by atoms with van der Waals surface area (Å²) in [6.07, 6.45) is 2.83. The number of nitro benzene ring substituents is 1. The van der Waals surface area contributed by atoms with Gasteiger partial charge in [0.2, 0.25) is 0 Å². The lowest BCUT2D eigenvalue weighted by atomic mass is 9.99. The smallest absolute Gasteiger partial charge is 0.340 e. The van der Waals surface area contributed by atoms with E-state index in [0.29, 0.717) is 6.54 Å². The molecule has 0 aromatic heterocycles. The zero-order valence-corrected chi connectivity index (χ0v) is 15.0. The van der Waals surface area contributed by atoms with Crippen molar-refractivity contribution in [2.24, 2.45) is 0 Å². The highest BCUT2D eigenvalue weighted by Gasteiger charge is 2.31. The largest absolute Gasteiger partial charge is 0.449 e. The molecule has 7 nitrogen and oxygen atoms in total. The summed E-state index contributed by atoms with van der Waals surface area (Å²) in [6.45, 7) is 4.18. The fraction of sp³-hybridized carbons (Fsp3) is 0.529. The van der Waals surface area contributed by atoms with Gasteiger partial charge in [0.15, 0.2) is 6.10 Å². The second-order valence-electron chi connectivity index (χ2n) is 6.06. The van der Waals surface area contributed by atoms with Crippen LogP contribution in [0.1, 0.15) is 49.9 Å². The molecule has 136 valence electrons. The highest BCUT2D eigenvalue weighted by atomic mass is 35.5. The van der Waals surface area contributed by atoms with Crippen molar-refractivity contribution < 1.29 is 19.2 Å². The van der Waals surface area contributed by atoms with Crippen LogP contribution in [0.15, 0.2) is 18.2 Å². The molecule has 8 heteroatoms. The van der Waals surface area contributed by atoms with Gasteiger partial charge in [0, 0.05) is 24.7 Å². The number of ether oxygens (including phenoxy) is 1. The minimum Gasteiger partial charge on any atom is -0.449 e. The average molecular weight is 369 g/mol. The summed E-state index contributed by atoms with van der Waals surface area (Å²) in [6, 6.07) is 3.68. The van der Waals surface area contributed by atoms with E-state index < -0.39 is 17.0 Å². The van der Waals surface area contributed by atoms with Gasteiger partial charge < -0.3 is 9.64 Å². The van der Waals surface area contributed by atoms with Crippen molar-refractivity contribution in [1.82, 2.24) is 4.90 Å². The molecule has 0 saturated carbocycles. The number of hydrogen-bond donors (Lipinski definition) is 0. The summed E-state index contributed by atoms with van der Waals surface area (Å²) in [7, 11) is 0. The number of carbonyl (C=O) groups is 2. The maximum absolute atomic E-state index is 12.6. The number of carbonyl (C=O) groups excluding carboxylic acids is 2. The fourth-order valence-corrected chi connectivity index (χ4v) is 3.20. The topological polar surface area (TPSA) is 89.8 Å². The van der Waals surface area contributed by atoms with E-state index >= 15 is 0 Å². The lowest BCUT2D eigenvalue weighted by Crippen LogP contribution is -2.48. The molecule has 0 radical (unpaired) electrons. The molecule has 1 heterocycles. The third kappa shape index (κ3) is 4.48. The van der Waals surface area contributed by atoms with Gasteiger partial charge in [0.1, 0.15) is 0 Å². The van der Waals surface area contributed by atoms with Gasteiger partial charge in [-0.25, -0.2) is 4.79 Å². The minimum atomic E-state index is -0.977. The number of amides is 1. The number of non-ortho nitro benzene ring substituents is 1. The van der Waals surface area contributed by atoms with Crippen LogP contribution < -0.4 is 0 Å². The van der Waals surface area contributed by atoms with Gasteiger partial charge in [-0.3, -0.25) is 14.9 Å². The molecule has 1 fully saturated rings. The highest BCUT2D eigenvalue weighted by molar-refractivity contribution is 6.33. The molecule has 1 aromatic rings. The normalized spacial score (nSPS) is 18.5. The summed E-state index contributed by atoms with van der Waals surface area (Å²) in [4.78, 5) is 36.9. The summed E-state index contributed by atoms with van der Waals surface area (Å²) in [5.74, 6) is -1.10. The van der Waals surface area contributed by atoms with Crippen LogP contribution in [0.25, 0.3) is 0 Å². The molecule has 1 saturated heterocycles. The molecule has 1 aliphatic rings. The first kappa shape index (κ1) is 19.2. The number of nitrogens with zero attached hydrogens (tertiary/aromatic N) is 2. The second-order valence-corrected chi connectivity index (χ2v) is 6.47. The molecule has 2 atom stereocenters. The Kier molecular flexibility index (Phi) is 6.36. The number of esters is 1. The maximum Gasteiger partial charge on any atom is 0.340 e. The van der Waals surface area contributed by atoms with Gasteiger partial charge in [-0.15, -0.1) is 0 Å². The number of piperidine rings is 1. The van der Waals surface area contributed by atoms with Crippen LogP contribution in [0.4, 0.5) is 5.69 Å². The van der Waals surface area contributed by atoms with Crippen molar-refractivity contribution in [3.05, 3.63) is 38.9 Å². The standard InChI is InChI=1S/C17H21ClN2O5/c1-3-12-6-4-5-9-19(12)16(21)11(2)25-17(22)14-10-13(20(23)24)7-8-15(14)18/h7-8,10-12H,3-6,9H2,1-2H3. The SMILES string of the molecule is CCC1CCCCN1C(=O)C(C)OC(=O)c1cc([N+](=O)[O-])ccc1Cl. The summed E-state index contributed by atoms with van der Waals surface area (Å²) in [5.41, 5.74) is -0.390. The van der Waals surface area contributed by atoms with Crippen LogP contribution in [0.2, 0.25) is 5.02 Å². The van der Waals surface area contributed by atoms with E-state index in [1.165, 1.54) is 19.1 Å². The molecule has 0 spiro atoms. The molecular formula is C17H21ClN2O5. The Labute approximate surface area is 151 Å². The highest BCUT2D eigenvalue weighted by Crippen LogP contribution is 2.24. The molecule has 25 heavy (non-hydrogen) atoms. The van der Waals surface area contributed by atoms with Crippen LogP contribution in [0, 0.1) is 10.1 Å². The van der Waals surface area contributed by atoms with Gasteiger partial charge in [0.05, 0.1) is 15.5 Å². The first-order valence-electron chi connectivity index (χ1n) is 8.30. The predicted octanol–water partition coefficient (Wildman–Crippen LogP) is 3.58. The summed E-state index contributed by atoms with van der Waals surface area (Å²) in [5, 5.41) is 10.9. The number of benzene rings is 1. The van der Waals surface area contributed by atoms with Crippen LogP contribution in [0.5, 0.6) is 0 Å². The van der Waals surface area contributed by atoms with E-state index in [4.69, 9.17) is 16.3 Å². The first-order chi connectivity index (χ1) is 11.8. The van der Waals surface area contributed by atoms with Crippen LogP contribution in [-0.2, 0) is 9.53 Å². The Morgan fingerprint density at radius 2 is 2.16 bits per heavy atom. The second kappa shape index (κ2) is 8.29. The lowest BCUT2D eigenvalue weighted by Gasteiger charge is -2.36. The number of hydrogen-bond acceptors (Lipinski definition) is 5. The molecule has 2 rings (SSSR count). The molecule has 0 N–H and O–H groups in total. The Balaban J connectivity index is 2.10. The van der Waals surface area contributed by atoms with Crippen LogP contribution in [0.3, 0.4) is 0 Å². The van der Waals surface area contributed by atoms with E-state index in [0.717, 1.165) is 31.7 Å². The summed E-state index contributed by atoms with van der Waals surface area (Å²) < 4.78 is 5.22. The fourth-order valence-electron chi connectivity index (χ4n) is 3.01. The van der Waals surface area contributed by atoms with Crippen molar-refractivity contribution in [2.75, 3.05) is 6.54 Å². The van der Waals surface area contributed by atoms with Crippen molar-refractivity contribution in [3.63, 3.8) is 0 Å². The van der Waals surface area contributed by atoms with Crippen molar-refractivity contribution >= 4 is 29.2 Å². The zero-order chi connectivity index (χ0) is 18.6. The molecule has 1 aromatic carbocycles. The quantitative estimate of drug-likeness (QED) is 0.450. The van der Waals surface area contributed by atoms with Gasteiger partial charge in [0.25, 0.3) is 11.6 Å². The summed E-state index contributed by atoms with van der Waals surface area (Å²) >= 11 is 5.93. The third-order valence-electron chi connectivity index (χ3n) is 4.39. The van der Waals surface area contributed by atoms with E-state index in [9.17, 15) is 19.7 Å². The first-order valence-corrected chi connectivity index (χ1v) is 8.68. The van der Waals surface area contributed by atoms with E-state index in [-0.39, 0.29) is 28.2 Å². The van der Waals surface area contributed by atoms with Gasteiger partial charge in [-0.2, -0.15) is 0 Å². The Bertz CT molecular complexity index is 679.